The molecule has 2 nitrogen and oxygen atoms in total. The Kier molecular flexibility index (Phi) is 4.21. The van der Waals surface area contributed by atoms with Gasteiger partial charge in [0.2, 0.25) is 0 Å². The summed E-state index contributed by atoms with van der Waals surface area (Å²) in [5.74, 6) is 0.685. The van der Waals surface area contributed by atoms with Gasteiger partial charge in [-0.3, -0.25) is 0 Å². The summed E-state index contributed by atoms with van der Waals surface area (Å²) in [7, 11) is 0. The van der Waals surface area contributed by atoms with Crippen molar-refractivity contribution in [2.24, 2.45) is 23.5 Å². The summed E-state index contributed by atoms with van der Waals surface area (Å²) < 4.78 is 0. The van der Waals surface area contributed by atoms with Gasteiger partial charge >= 0.3 is 0 Å². The molecule has 0 saturated carbocycles. The Bertz CT molecular complexity index is 124. The van der Waals surface area contributed by atoms with Crippen LogP contribution >= 0.6 is 0 Å². The first kappa shape index (κ1) is 11.9. The number of hydrogen-bond acceptors (Lipinski definition) is 2. The standard InChI is InChI=1S/C10H23NO/c1-7(2)10(12,8(3)4)9(5)6-11/h7-9,12H,6,11H2,1-5H3. The molecule has 0 amide bonds. The number of rotatable bonds is 4. The van der Waals surface area contributed by atoms with Crippen molar-refractivity contribution in [3.8, 4) is 0 Å². The highest BCUT2D eigenvalue weighted by Gasteiger charge is 2.39. The highest BCUT2D eigenvalue weighted by Crippen LogP contribution is 2.32. The summed E-state index contributed by atoms with van der Waals surface area (Å²) in [6.07, 6.45) is 0. The Morgan fingerprint density at radius 2 is 1.42 bits per heavy atom. The molecule has 0 heterocycles. The van der Waals surface area contributed by atoms with Crippen LogP contribution in [0.15, 0.2) is 0 Å². The van der Waals surface area contributed by atoms with E-state index in [9.17, 15) is 5.11 Å². The smallest absolute Gasteiger partial charge is 0.0730 e. The van der Waals surface area contributed by atoms with Crippen molar-refractivity contribution < 1.29 is 5.11 Å². The largest absolute Gasteiger partial charge is 0.389 e. The van der Waals surface area contributed by atoms with Crippen LogP contribution in [-0.4, -0.2) is 17.3 Å². The highest BCUT2D eigenvalue weighted by molar-refractivity contribution is 4.90. The zero-order valence-electron chi connectivity index (χ0n) is 8.96. The van der Waals surface area contributed by atoms with Crippen LogP contribution in [0, 0.1) is 17.8 Å². The van der Waals surface area contributed by atoms with Crippen LogP contribution in [0.1, 0.15) is 34.6 Å². The molecule has 0 rings (SSSR count). The third kappa shape index (κ3) is 1.99. The van der Waals surface area contributed by atoms with Crippen molar-refractivity contribution in [2.75, 3.05) is 6.54 Å². The van der Waals surface area contributed by atoms with E-state index in [1.165, 1.54) is 0 Å². The first-order chi connectivity index (χ1) is 5.37. The molecule has 0 saturated heterocycles. The van der Waals surface area contributed by atoms with Crippen LogP contribution in [0.2, 0.25) is 0 Å². The maximum atomic E-state index is 10.4. The monoisotopic (exact) mass is 173 g/mol. The summed E-state index contributed by atoms with van der Waals surface area (Å²) in [5.41, 5.74) is 4.96. The normalized spacial score (nSPS) is 15.8. The van der Waals surface area contributed by atoms with Gasteiger partial charge in [0.1, 0.15) is 0 Å². The van der Waals surface area contributed by atoms with E-state index in [-0.39, 0.29) is 17.8 Å². The molecule has 0 spiro atoms. The van der Waals surface area contributed by atoms with Gasteiger partial charge in [0.25, 0.3) is 0 Å². The molecule has 0 radical (unpaired) electrons. The molecule has 0 aromatic heterocycles. The van der Waals surface area contributed by atoms with Crippen molar-refractivity contribution in [1.29, 1.82) is 0 Å². The number of hydrogen-bond donors (Lipinski definition) is 2. The minimum atomic E-state index is -0.616. The zero-order chi connectivity index (χ0) is 9.94. The van der Waals surface area contributed by atoms with E-state index in [4.69, 9.17) is 5.73 Å². The lowest BCUT2D eigenvalue weighted by molar-refractivity contribution is -0.0875. The molecule has 2 heteroatoms. The summed E-state index contributed by atoms with van der Waals surface area (Å²) in [5, 5.41) is 10.4. The van der Waals surface area contributed by atoms with E-state index in [2.05, 4.69) is 0 Å². The second kappa shape index (κ2) is 4.24. The van der Waals surface area contributed by atoms with Crippen LogP contribution < -0.4 is 5.73 Å². The van der Waals surface area contributed by atoms with Gasteiger partial charge in [0.05, 0.1) is 5.60 Å². The molecule has 0 fully saturated rings. The second-order valence-electron chi connectivity index (χ2n) is 4.33. The molecule has 1 unspecified atom stereocenters. The van der Waals surface area contributed by atoms with Crippen LogP contribution in [0.4, 0.5) is 0 Å². The Morgan fingerprint density at radius 1 is 1.08 bits per heavy atom. The van der Waals surface area contributed by atoms with Gasteiger partial charge in [-0.25, -0.2) is 0 Å². The molecule has 1 atom stereocenters. The molecule has 0 aromatic rings. The molecule has 3 N–H and O–H groups in total. The second-order valence-corrected chi connectivity index (χ2v) is 4.33. The van der Waals surface area contributed by atoms with Crippen LogP contribution in [0.5, 0.6) is 0 Å². The molecule has 0 aromatic carbocycles. The fourth-order valence-corrected chi connectivity index (χ4v) is 1.99. The zero-order valence-corrected chi connectivity index (χ0v) is 8.96. The van der Waals surface area contributed by atoms with E-state index in [1.54, 1.807) is 0 Å². The average Bonchev–Trinajstić information content (AvgIpc) is 2.00. The highest BCUT2D eigenvalue weighted by atomic mass is 16.3. The molecular formula is C10H23NO. The van der Waals surface area contributed by atoms with Crippen LogP contribution in [0.3, 0.4) is 0 Å². The molecule has 0 bridgehead atoms. The number of nitrogens with two attached hydrogens (primary N) is 1. The van der Waals surface area contributed by atoms with Crippen LogP contribution in [0.25, 0.3) is 0 Å². The quantitative estimate of drug-likeness (QED) is 0.678. The first-order valence-corrected chi connectivity index (χ1v) is 4.79. The minimum Gasteiger partial charge on any atom is -0.389 e. The predicted molar refractivity (Wildman–Crippen MR) is 52.8 cm³/mol. The van der Waals surface area contributed by atoms with E-state index in [0.717, 1.165) is 0 Å². The lowest BCUT2D eigenvalue weighted by atomic mass is 9.72. The van der Waals surface area contributed by atoms with Gasteiger partial charge in [-0.15, -0.1) is 0 Å². The van der Waals surface area contributed by atoms with Gasteiger partial charge in [-0.05, 0) is 24.3 Å². The maximum Gasteiger partial charge on any atom is 0.0730 e. The Balaban J connectivity index is 4.61. The first-order valence-electron chi connectivity index (χ1n) is 4.79. The fraction of sp³-hybridized carbons (Fsp3) is 1.00. The van der Waals surface area contributed by atoms with Gasteiger partial charge in [0.15, 0.2) is 0 Å². The lowest BCUT2D eigenvalue weighted by Gasteiger charge is -2.41. The van der Waals surface area contributed by atoms with Gasteiger partial charge in [0, 0.05) is 0 Å². The fourth-order valence-electron chi connectivity index (χ4n) is 1.99. The van der Waals surface area contributed by atoms with E-state index >= 15 is 0 Å². The molecule has 0 aliphatic heterocycles. The topological polar surface area (TPSA) is 46.2 Å². The van der Waals surface area contributed by atoms with E-state index < -0.39 is 5.60 Å². The molecule has 0 aliphatic carbocycles. The summed E-state index contributed by atoms with van der Waals surface area (Å²) in [6, 6.07) is 0. The van der Waals surface area contributed by atoms with Crippen molar-refractivity contribution in [2.45, 2.75) is 40.2 Å². The maximum absolute atomic E-state index is 10.4. The van der Waals surface area contributed by atoms with Crippen molar-refractivity contribution in [3.05, 3.63) is 0 Å². The Labute approximate surface area is 76.2 Å². The Hall–Kier alpha value is -0.0800. The minimum absolute atomic E-state index is 0.164. The van der Waals surface area contributed by atoms with Crippen LogP contribution in [-0.2, 0) is 0 Å². The summed E-state index contributed by atoms with van der Waals surface area (Å²) >= 11 is 0. The van der Waals surface area contributed by atoms with Crippen molar-refractivity contribution in [1.82, 2.24) is 0 Å². The van der Waals surface area contributed by atoms with Crippen molar-refractivity contribution >= 4 is 0 Å². The van der Waals surface area contributed by atoms with Crippen molar-refractivity contribution in [3.63, 3.8) is 0 Å². The predicted octanol–water partition coefficient (Wildman–Crippen LogP) is 1.62. The van der Waals surface area contributed by atoms with E-state index in [0.29, 0.717) is 6.54 Å². The van der Waals surface area contributed by atoms with Gasteiger partial charge < -0.3 is 10.8 Å². The average molecular weight is 173 g/mol. The third-order valence-electron chi connectivity index (χ3n) is 2.99. The number of aliphatic hydroxyl groups is 1. The molecule has 12 heavy (non-hydrogen) atoms. The third-order valence-corrected chi connectivity index (χ3v) is 2.99. The van der Waals surface area contributed by atoms with Gasteiger partial charge in [-0.2, -0.15) is 0 Å². The van der Waals surface area contributed by atoms with E-state index in [1.807, 2.05) is 34.6 Å². The molecule has 0 aliphatic rings. The van der Waals surface area contributed by atoms with Gasteiger partial charge in [-0.1, -0.05) is 34.6 Å². The molecule has 74 valence electrons. The SMILES string of the molecule is CC(C)C(O)(C(C)C)C(C)CN. The summed E-state index contributed by atoms with van der Waals surface area (Å²) in [4.78, 5) is 0. The lowest BCUT2D eigenvalue weighted by Crippen LogP contribution is -2.49. The summed E-state index contributed by atoms with van der Waals surface area (Å²) in [6.45, 7) is 10.8. The Morgan fingerprint density at radius 3 is 1.50 bits per heavy atom. The molecular weight excluding hydrogens is 150 g/mol.